The molecule has 0 fully saturated rings. The van der Waals surface area contributed by atoms with Crippen LogP contribution < -0.4 is 11.5 Å². The van der Waals surface area contributed by atoms with Crippen molar-refractivity contribution in [2.45, 2.75) is 0 Å². The van der Waals surface area contributed by atoms with Gasteiger partial charge in [-0.15, -0.1) is 0 Å². The number of carbonyl (C=O) groups excluding carboxylic acids is 2. The topological polar surface area (TPSA) is 118 Å². The van der Waals surface area contributed by atoms with Gasteiger partial charge in [0.05, 0.1) is 0 Å². The number of hydrogen-bond acceptors (Lipinski definition) is 2. The van der Waals surface area contributed by atoms with Gasteiger partial charge < -0.3 is 16.9 Å². The summed E-state index contributed by atoms with van der Waals surface area (Å²) in [5, 5.41) is 0. The van der Waals surface area contributed by atoms with Gasteiger partial charge in [0, 0.05) is 11.1 Å². The molecule has 1 aromatic carbocycles. The molecule has 0 radical (unpaired) electrons. The third-order valence-electron chi connectivity index (χ3n) is 1.43. The van der Waals surface area contributed by atoms with Gasteiger partial charge in [-0.05, 0) is 18.2 Å². The van der Waals surface area contributed by atoms with Crippen LogP contribution in [0.2, 0.25) is 0 Å². The average molecular weight is 182 g/mol. The first-order valence-electron chi connectivity index (χ1n) is 3.31. The van der Waals surface area contributed by atoms with Crippen LogP contribution >= 0.6 is 0 Å². The summed E-state index contributed by atoms with van der Waals surface area (Å²) < 4.78 is 0. The molecule has 5 heteroatoms. The van der Waals surface area contributed by atoms with Crippen molar-refractivity contribution in [3.63, 3.8) is 0 Å². The Bertz CT molecular complexity index is 307. The standard InChI is InChI=1S/C8H8N2O2.H2O/c9-7(11)5-2-1-3-6(4-5)8(10)12;/h1-4H,(H2,9,11)(H2,10,12);1H2. The van der Waals surface area contributed by atoms with Gasteiger partial charge in [-0.1, -0.05) is 6.07 Å². The molecule has 0 atom stereocenters. The molecule has 0 spiro atoms. The number of rotatable bonds is 2. The molecule has 0 aliphatic heterocycles. The van der Waals surface area contributed by atoms with Crippen molar-refractivity contribution in [3.8, 4) is 0 Å². The van der Waals surface area contributed by atoms with Crippen LogP contribution in [0, 0.1) is 0 Å². The zero-order valence-electron chi connectivity index (χ0n) is 6.78. The summed E-state index contributed by atoms with van der Waals surface area (Å²) in [4.78, 5) is 21.3. The zero-order valence-corrected chi connectivity index (χ0v) is 6.78. The first-order valence-corrected chi connectivity index (χ1v) is 3.31. The first kappa shape index (κ1) is 11.1. The first-order chi connectivity index (χ1) is 5.61. The molecule has 0 heterocycles. The second kappa shape index (κ2) is 4.22. The predicted molar refractivity (Wildman–Crippen MR) is 47.1 cm³/mol. The molecule has 0 unspecified atom stereocenters. The minimum Gasteiger partial charge on any atom is -0.412 e. The Morgan fingerprint density at radius 3 is 1.69 bits per heavy atom. The highest BCUT2D eigenvalue weighted by molar-refractivity contribution is 5.98. The van der Waals surface area contributed by atoms with E-state index in [1.165, 1.54) is 18.2 Å². The molecule has 0 saturated heterocycles. The highest BCUT2D eigenvalue weighted by Crippen LogP contribution is 2.03. The number of carbonyl (C=O) groups is 2. The van der Waals surface area contributed by atoms with Gasteiger partial charge in [0.1, 0.15) is 0 Å². The maximum atomic E-state index is 10.6. The largest absolute Gasteiger partial charge is 0.412 e. The summed E-state index contributed by atoms with van der Waals surface area (Å²) in [5.74, 6) is -1.14. The smallest absolute Gasteiger partial charge is 0.248 e. The van der Waals surface area contributed by atoms with Crippen molar-refractivity contribution in [2.75, 3.05) is 0 Å². The molecule has 1 aromatic rings. The van der Waals surface area contributed by atoms with E-state index in [4.69, 9.17) is 11.5 Å². The van der Waals surface area contributed by atoms with Gasteiger partial charge in [0.2, 0.25) is 11.8 Å². The average Bonchev–Trinajstić information content (AvgIpc) is 2.04. The molecule has 0 aliphatic rings. The Hall–Kier alpha value is -1.88. The molecule has 70 valence electrons. The summed E-state index contributed by atoms with van der Waals surface area (Å²) in [5.41, 5.74) is 10.6. The minimum absolute atomic E-state index is 0. The molecule has 1 rings (SSSR count). The number of nitrogens with two attached hydrogens (primary N) is 2. The van der Waals surface area contributed by atoms with Gasteiger partial charge >= 0.3 is 0 Å². The van der Waals surface area contributed by atoms with Crippen LogP contribution in [0.25, 0.3) is 0 Å². The van der Waals surface area contributed by atoms with Crippen LogP contribution in [0.3, 0.4) is 0 Å². The minimum atomic E-state index is -0.571. The Morgan fingerprint density at radius 2 is 1.38 bits per heavy atom. The normalized spacial score (nSPS) is 8.62. The number of benzene rings is 1. The van der Waals surface area contributed by atoms with Crippen molar-refractivity contribution < 1.29 is 15.1 Å². The Labute approximate surface area is 74.6 Å². The van der Waals surface area contributed by atoms with E-state index >= 15 is 0 Å². The maximum absolute atomic E-state index is 10.6. The lowest BCUT2D eigenvalue weighted by molar-refractivity contribution is 0.0999. The second-order valence-electron chi connectivity index (χ2n) is 2.31. The van der Waals surface area contributed by atoms with E-state index in [1.807, 2.05) is 0 Å². The van der Waals surface area contributed by atoms with Crippen LogP contribution in [-0.2, 0) is 0 Å². The molecule has 5 nitrogen and oxygen atoms in total. The van der Waals surface area contributed by atoms with Crippen molar-refractivity contribution >= 4 is 11.8 Å². The second-order valence-corrected chi connectivity index (χ2v) is 2.31. The molecule has 0 saturated carbocycles. The van der Waals surface area contributed by atoms with Gasteiger partial charge in [-0.3, -0.25) is 9.59 Å². The van der Waals surface area contributed by atoms with Crippen molar-refractivity contribution in [1.82, 2.24) is 0 Å². The molecule has 2 amide bonds. The summed E-state index contributed by atoms with van der Waals surface area (Å²) in [6, 6.07) is 5.97. The predicted octanol–water partition coefficient (Wildman–Crippen LogP) is -0.940. The van der Waals surface area contributed by atoms with E-state index < -0.39 is 11.8 Å². The molecule has 0 aromatic heterocycles. The lowest BCUT2D eigenvalue weighted by atomic mass is 10.1. The summed E-state index contributed by atoms with van der Waals surface area (Å²) in [7, 11) is 0. The van der Waals surface area contributed by atoms with Crippen LogP contribution in [0.5, 0.6) is 0 Å². The van der Waals surface area contributed by atoms with Crippen LogP contribution in [0.15, 0.2) is 24.3 Å². The van der Waals surface area contributed by atoms with Crippen molar-refractivity contribution in [3.05, 3.63) is 35.4 Å². The van der Waals surface area contributed by atoms with Crippen molar-refractivity contribution in [2.24, 2.45) is 11.5 Å². The van der Waals surface area contributed by atoms with E-state index in [0.29, 0.717) is 0 Å². The summed E-state index contributed by atoms with van der Waals surface area (Å²) in [6.07, 6.45) is 0. The number of hydrogen-bond donors (Lipinski definition) is 2. The lowest BCUT2D eigenvalue weighted by Crippen LogP contribution is -2.14. The molecule has 6 N–H and O–H groups in total. The number of primary amides is 2. The van der Waals surface area contributed by atoms with E-state index in [2.05, 4.69) is 0 Å². The Balaban J connectivity index is 0.00000144. The molecular weight excluding hydrogens is 172 g/mol. The highest BCUT2D eigenvalue weighted by Gasteiger charge is 2.03. The Kier molecular flexibility index (Phi) is 3.61. The third kappa shape index (κ3) is 2.57. The highest BCUT2D eigenvalue weighted by atomic mass is 16.1. The fourth-order valence-electron chi connectivity index (χ4n) is 0.826. The van der Waals surface area contributed by atoms with Crippen molar-refractivity contribution in [1.29, 1.82) is 0 Å². The van der Waals surface area contributed by atoms with E-state index in [1.54, 1.807) is 6.07 Å². The maximum Gasteiger partial charge on any atom is 0.248 e. The van der Waals surface area contributed by atoms with Crippen LogP contribution in [-0.4, -0.2) is 17.3 Å². The Morgan fingerprint density at radius 1 is 1.00 bits per heavy atom. The van der Waals surface area contributed by atoms with Gasteiger partial charge in [0.15, 0.2) is 0 Å². The molecule has 13 heavy (non-hydrogen) atoms. The van der Waals surface area contributed by atoms with E-state index in [9.17, 15) is 9.59 Å². The molecular formula is C8H10N2O3. The van der Waals surface area contributed by atoms with Crippen LogP contribution in [0.4, 0.5) is 0 Å². The quantitative estimate of drug-likeness (QED) is 0.613. The third-order valence-corrected chi connectivity index (χ3v) is 1.43. The summed E-state index contributed by atoms with van der Waals surface area (Å²) >= 11 is 0. The molecule has 0 aliphatic carbocycles. The summed E-state index contributed by atoms with van der Waals surface area (Å²) in [6.45, 7) is 0. The van der Waals surface area contributed by atoms with E-state index in [-0.39, 0.29) is 16.6 Å². The van der Waals surface area contributed by atoms with Gasteiger partial charge in [-0.25, -0.2) is 0 Å². The SMILES string of the molecule is NC(=O)c1cccc(C(N)=O)c1.O. The monoisotopic (exact) mass is 182 g/mol. The number of amides is 2. The van der Waals surface area contributed by atoms with E-state index in [0.717, 1.165) is 0 Å². The fourth-order valence-corrected chi connectivity index (χ4v) is 0.826. The molecule has 0 bridgehead atoms. The fraction of sp³-hybridized carbons (Fsp3) is 0. The van der Waals surface area contributed by atoms with Gasteiger partial charge in [-0.2, -0.15) is 0 Å². The lowest BCUT2D eigenvalue weighted by Gasteiger charge is -1.97. The zero-order chi connectivity index (χ0) is 9.14. The van der Waals surface area contributed by atoms with Gasteiger partial charge in [0.25, 0.3) is 0 Å². The van der Waals surface area contributed by atoms with Crippen LogP contribution in [0.1, 0.15) is 20.7 Å².